The molecular weight excluding hydrogens is 300 g/mol. The van der Waals surface area contributed by atoms with Crippen molar-refractivity contribution in [1.29, 1.82) is 0 Å². The van der Waals surface area contributed by atoms with Gasteiger partial charge >= 0.3 is 0 Å². The third-order valence-electron chi connectivity index (χ3n) is 4.20. The summed E-state index contributed by atoms with van der Waals surface area (Å²) < 4.78 is 3.66. The van der Waals surface area contributed by atoms with E-state index in [0.717, 1.165) is 53.2 Å². The fourth-order valence-corrected chi connectivity index (χ4v) is 2.87. The molecule has 0 bridgehead atoms. The van der Waals surface area contributed by atoms with Crippen molar-refractivity contribution in [2.24, 2.45) is 7.05 Å². The van der Waals surface area contributed by atoms with E-state index in [1.165, 1.54) is 5.56 Å². The Morgan fingerprint density at radius 2 is 1.83 bits per heavy atom. The van der Waals surface area contributed by atoms with Crippen LogP contribution in [-0.2, 0) is 13.5 Å². The monoisotopic (exact) mass is 320 g/mol. The fraction of sp³-hybridized carbons (Fsp3) is 0.333. The minimum absolute atomic E-state index is 0.728. The Kier molecular flexibility index (Phi) is 3.52. The maximum Gasteiger partial charge on any atom is 0.186 e. The highest BCUT2D eigenvalue weighted by Crippen LogP contribution is 2.22. The quantitative estimate of drug-likeness (QED) is 0.578. The van der Waals surface area contributed by atoms with Crippen LogP contribution in [0.15, 0.2) is 30.5 Å². The normalized spacial score (nSPS) is 11.6. The van der Waals surface area contributed by atoms with Gasteiger partial charge in [0.1, 0.15) is 5.82 Å². The van der Waals surface area contributed by atoms with Gasteiger partial charge in [-0.2, -0.15) is 9.61 Å². The number of fused-ring (bicyclic) bond motifs is 3. The average Bonchev–Trinajstić information content (AvgIpc) is 3.16. The average molecular weight is 320 g/mol. The van der Waals surface area contributed by atoms with E-state index < -0.39 is 0 Å². The first-order valence-electron chi connectivity index (χ1n) is 8.31. The molecule has 0 N–H and O–H groups in total. The van der Waals surface area contributed by atoms with Gasteiger partial charge in [-0.15, -0.1) is 5.10 Å². The van der Waals surface area contributed by atoms with Gasteiger partial charge in [-0.25, -0.2) is 9.97 Å². The van der Waals surface area contributed by atoms with Crippen molar-refractivity contribution >= 4 is 16.7 Å². The van der Waals surface area contributed by atoms with E-state index in [-0.39, 0.29) is 0 Å². The Balaban J connectivity index is 1.95. The number of aromatic nitrogens is 6. The molecule has 3 aromatic heterocycles. The number of hydrogen-bond donors (Lipinski definition) is 0. The summed E-state index contributed by atoms with van der Waals surface area (Å²) in [6.45, 7) is 4.25. The molecule has 0 fully saturated rings. The van der Waals surface area contributed by atoms with E-state index in [1.807, 2.05) is 17.8 Å². The molecule has 0 spiro atoms. The molecule has 0 aliphatic carbocycles. The second-order valence-electron chi connectivity index (χ2n) is 6.21. The molecule has 0 aliphatic rings. The molecule has 6 nitrogen and oxygen atoms in total. The molecule has 6 heteroatoms. The predicted molar refractivity (Wildman–Crippen MR) is 93.8 cm³/mol. The summed E-state index contributed by atoms with van der Waals surface area (Å²) in [4.78, 5) is 9.49. The van der Waals surface area contributed by atoms with Crippen molar-refractivity contribution in [3.63, 3.8) is 0 Å². The maximum absolute atomic E-state index is 4.78. The molecule has 4 rings (SSSR count). The predicted octanol–water partition coefficient (Wildman–Crippen LogP) is 3.33. The molecule has 122 valence electrons. The van der Waals surface area contributed by atoms with Gasteiger partial charge in [0, 0.05) is 25.2 Å². The van der Waals surface area contributed by atoms with Gasteiger partial charge in [0.15, 0.2) is 17.1 Å². The molecule has 0 unspecified atom stereocenters. The Morgan fingerprint density at radius 3 is 2.58 bits per heavy atom. The lowest BCUT2D eigenvalue weighted by atomic mass is 10.1. The molecule has 0 atom stereocenters. The van der Waals surface area contributed by atoms with Gasteiger partial charge in [-0.3, -0.25) is 4.68 Å². The molecule has 1 aromatic carbocycles. The number of nitrogens with zero attached hydrogens (tertiary/aromatic N) is 6. The first kappa shape index (κ1) is 14.8. The van der Waals surface area contributed by atoms with Crippen molar-refractivity contribution in [1.82, 2.24) is 29.4 Å². The first-order valence-corrected chi connectivity index (χ1v) is 8.31. The van der Waals surface area contributed by atoms with Crippen LogP contribution < -0.4 is 0 Å². The van der Waals surface area contributed by atoms with Gasteiger partial charge in [0.05, 0.1) is 5.39 Å². The smallest absolute Gasteiger partial charge is 0.186 e. The lowest BCUT2D eigenvalue weighted by molar-refractivity contribution is 0.716. The molecule has 0 aliphatic heterocycles. The topological polar surface area (TPSA) is 60.9 Å². The van der Waals surface area contributed by atoms with Gasteiger partial charge in [0.2, 0.25) is 0 Å². The van der Waals surface area contributed by atoms with Gasteiger partial charge in [-0.05, 0) is 13.3 Å². The maximum atomic E-state index is 4.78. The molecule has 0 amide bonds. The number of aryl methyl sites for hydroxylation is 3. The Morgan fingerprint density at radius 1 is 1.04 bits per heavy atom. The van der Waals surface area contributed by atoms with E-state index in [0.29, 0.717) is 0 Å². The minimum Gasteiger partial charge on any atom is -0.273 e. The third-order valence-corrected chi connectivity index (χ3v) is 4.20. The van der Waals surface area contributed by atoms with E-state index in [4.69, 9.17) is 15.1 Å². The first-order chi connectivity index (χ1) is 11.7. The summed E-state index contributed by atoms with van der Waals surface area (Å²) in [5, 5.41) is 10.1. The molecule has 0 saturated heterocycles. The summed E-state index contributed by atoms with van der Waals surface area (Å²) in [6.07, 6.45) is 5.01. The van der Waals surface area contributed by atoms with Crippen LogP contribution in [0.25, 0.3) is 28.1 Å². The van der Waals surface area contributed by atoms with Crippen molar-refractivity contribution < 1.29 is 0 Å². The number of rotatable bonds is 4. The molecule has 0 radical (unpaired) electrons. The van der Waals surface area contributed by atoms with E-state index in [1.54, 1.807) is 4.68 Å². The van der Waals surface area contributed by atoms with Crippen molar-refractivity contribution in [2.45, 2.75) is 33.1 Å². The second kappa shape index (κ2) is 5.70. The Labute approximate surface area is 140 Å². The van der Waals surface area contributed by atoms with E-state index >= 15 is 0 Å². The van der Waals surface area contributed by atoms with Crippen LogP contribution in [0.1, 0.15) is 31.2 Å². The summed E-state index contributed by atoms with van der Waals surface area (Å²) in [5.74, 6) is 1.65. The third kappa shape index (κ3) is 2.44. The number of unbranched alkanes of at least 4 members (excludes halogenated alkanes) is 1. The van der Waals surface area contributed by atoms with Crippen LogP contribution in [0.5, 0.6) is 0 Å². The lowest BCUT2D eigenvalue weighted by Crippen LogP contribution is -2.03. The zero-order valence-corrected chi connectivity index (χ0v) is 14.2. The van der Waals surface area contributed by atoms with Crippen LogP contribution in [0, 0.1) is 6.92 Å². The minimum atomic E-state index is 0.728. The molecule has 0 saturated carbocycles. The summed E-state index contributed by atoms with van der Waals surface area (Å²) in [5.41, 5.74) is 3.80. The van der Waals surface area contributed by atoms with E-state index in [9.17, 15) is 0 Å². The van der Waals surface area contributed by atoms with Crippen LogP contribution in [0.3, 0.4) is 0 Å². The zero-order valence-electron chi connectivity index (χ0n) is 14.2. The highest BCUT2D eigenvalue weighted by Gasteiger charge is 2.16. The SMILES string of the molecule is CCCCc1nc2nn(C)cc2c2nc(-c3ccc(C)cc3)nn12. The van der Waals surface area contributed by atoms with Crippen molar-refractivity contribution in [3.05, 3.63) is 41.9 Å². The van der Waals surface area contributed by atoms with Crippen molar-refractivity contribution in [2.75, 3.05) is 0 Å². The van der Waals surface area contributed by atoms with E-state index in [2.05, 4.69) is 43.2 Å². The fourth-order valence-electron chi connectivity index (χ4n) is 2.87. The zero-order chi connectivity index (χ0) is 16.7. The van der Waals surface area contributed by atoms with Crippen LogP contribution in [0.4, 0.5) is 0 Å². The number of hydrogen-bond acceptors (Lipinski definition) is 4. The van der Waals surface area contributed by atoms with Gasteiger partial charge in [0.25, 0.3) is 0 Å². The molecule has 4 aromatic rings. The largest absolute Gasteiger partial charge is 0.273 e. The second-order valence-corrected chi connectivity index (χ2v) is 6.21. The highest BCUT2D eigenvalue weighted by atomic mass is 15.3. The number of benzene rings is 1. The van der Waals surface area contributed by atoms with Crippen LogP contribution in [-0.4, -0.2) is 29.4 Å². The molecular formula is C18H20N6. The highest BCUT2D eigenvalue weighted by molar-refractivity contribution is 5.89. The Hall–Kier alpha value is -2.76. The molecule has 24 heavy (non-hydrogen) atoms. The Bertz CT molecular complexity index is 1010. The standard InChI is InChI=1S/C18H20N6/c1-4-5-6-15-19-17-14(11-23(3)21-17)18-20-16(22-24(15)18)13-9-7-12(2)8-10-13/h7-11H,4-6H2,1-3H3. The van der Waals surface area contributed by atoms with Crippen LogP contribution >= 0.6 is 0 Å². The molecule has 3 heterocycles. The van der Waals surface area contributed by atoms with Crippen LogP contribution in [0.2, 0.25) is 0 Å². The van der Waals surface area contributed by atoms with Gasteiger partial charge in [-0.1, -0.05) is 43.2 Å². The van der Waals surface area contributed by atoms with Gasteiger partial charge < -0.3 is 0 Å². The summed E-state index contributed by atoms with van der Waals surface area (Å²) in [6, 6.07) is 8.28. The summed E-state index contributed by atoms with van der Waals surface area (Å²) >= 11 is 0. The lowest BCUT2D eigenvalue weighted by Gasteiger charge is -2.02. The summed E-state index contributed by atoms with van der Waals surface area (Å²) in [7, 11) is 1.90. The van der Waals surface area contributed by atoms with Crippen molar-refractivity contribution in [3.8, 4) is 11.4 Å².